The molecule has 0 fully saturated rings. The maximum Gasteiger partial charge on any atom is 0.297 e. The number of rotatable bonds is 8. The Hall–Kier alpha value is -1.03. The van der Waals surface area contributed by atoms with Crippen LogP contribution in [0.4, 0.5) is 0 Å². The minimum absolute atomic E-state index is 0.104. The molecule has 0 saturated carbocycles. The number of nitrogens with zero attached hydrogens (tertiary/aromatic N) is 1. The molecule has 20 heavy (non-hydrogen) atoms. The van der Waals surface area contributed by atoms with Gasteiger partial charge in [0.25, 0.3) is 10.2 Å². The molecule has 0 amide bonds. The highest BCUT2D eigenvalue weighted by molar-refractivity contribution is 7.98. The number of hydrogen-bond donors (Lipinski definition) is 3. The van der Waals surface area contributed by atoms with Gasteiger partial charge in [0, 0.05) is 12.2 Å². The second-order valence-corrected chi connectivity index (χ2v) is 6.93. The molecule has 9 heteroatoms. The van der Waals surface area contributed by atoms with E-state index >= 15 is 0 Å². The number of thioether (sulfide) groups is 1. The van der Waals surface area contributed by atoms with Crippen molar-refractivity contribution in [2.24, 2.45) is 5.14 Å². The van der Waals surface area contributed by atoms with E-state index in [1.165, 1.54) is 0 Å². The van der Waals surface area contributed by atoms with E-state index in [-0.39, 0.29) is 5.84 Å². The Labute approximate surface area is 123 Å². The van der Waals surface area contributed by atoms with Crippen molar-refractivity contribution in [2.75, 3.05) is 19.8 Å². The minimum atomic E-state index is -3.83. The van der Waals surface area contributed by atoms with Gasteiger partial charge in [0.1, 0.15) is 17.4 Å². The summed E-state index contributed by atoms with van der Waals surface area (Å²) in [6.45, 7) is 0.758. The standard InChI is InChI=1S/C11H20N4O3S2/c1-15(2)7-9-3-4-10(18-9)8-19-6-5-11(12)14-20(13,16)17/h3-4H,5-8H2,1-2H3,(H2,12,14)(H2,13,16,17). The molecular weight excluding hydrogens is 300 g/mol. The van der Waals surface area contributed by atoms with Crippen LogP contribution in [0.15, 0.2) is 16.5 Å². The van der Waals surface area contributed by atoms with Crippen LogP contribution in [-0.4, -0.2) is 39.0 Å². The molecule has 0 unspecified atom stereocenters. The number of furan rings is 1. The number of hydrogen-bond acceptors (Lipinski definition) is 6. The predicted molar refractivity (Wildman–Crippen MR) is 80.8 cm³/mol. The normalized spacial score (nSPS) is 11.8. The third-order valence-electron chi connectivity index (χ3n) is 2.20. The Morgan fingerprint density at radius 3 is 2.70 bits per heavy atom. The van der Waals surface area contributed by atoms with E-state index in [1.807, 2.05) is 35.9 Å². The maximum absolute atomic E-state index is 10.7. The second-order valence-electron chi connectivity index (χ2n) is 4.53. The third-order valence-corrected chi connectivity index (χ3v) is 3.71. The van der Waals surface area contributed by atoms with Crippen molar-refractivity contribution in [3.05, 3.63) is 23.7 Å². The quantitative estimate of drug-likeness (QED) is 0.371. The SMILES string of the molecule is CN(C)Cc1ccc(CSCCC(=N)NS(N)(=O)=O)o1. The summed E-state index contributed by atoms with van der Waals surface area (Å²) in [7, 11) is 0.119. The molecule has 7 nitrogen and oxygen atoms in total. The first-order valence-electron chi connectivity index (χ1n) is 5.94. The summed E-state index contributed by atoms with van der Waals surface area (Å²) in [5.41, 5.74) is 0. The van der Waals surface area contributed by atoms with Gasteiger partial charge in [0.15, 0.2) is 0 Å². The predicted octanol–water partition coefficient (Wildman–Crippen LogP) is 0.735. The second kappa shape index (κ2) is 7.67. The highest BCUT2D eigenvalue weighted by Crippen LogP contribution is 2.16. The fourth-order valence-corrected chi connectivity index (χ4v) is 2.76. The van der Waals surface area contributed by atoms with Crippen LogP contribution >= 0.6 is 11.8 Å². The highest BCUT2D eigenvalue weighted by atomic mass is 32.2. The molecule has 1 rings (SSSR count). The van der Waals surface area contributed by atoms with E-state index in [9.17, 15) is 8.42 Å². The zero-order valence-electron chi connectivity index (χ0n) is 11.5. The monoisotopic (exact) mass is 320 g/mol. The number of amidine groups is 1. The molecule has 1 aromatic rings. The van der Waals surface area contributed by atoms with Gasteiger partial charge in [0.2, 0.25) is 0 Å². The van der Waals surface area contributed by atoms with Crippen molar-refractivity contribution in [2.45, 2.75) is 18.7 Å². The Kier molecular flexibility index (Phi) is 6.53. The summed E-state index contributed by atoms with van der Waals surface area (Å²) in [6.07, 6.45) is 0.312. The Morgan fingerprint density at radius 2 is 2.10 bits per heavy atom. The molecule has 4 N–H and O–H groups in total. The van der Waals surface area contributed by atoms with Crippen molar-refractivity contribution >= 4 is 27.8 Å². The molecule has 0 aliphatic carbocycles. The molecule has 0 saturated heterocycles. The van der Waals surface area contributed by atoms with E-state index in [2.05, 4.69) is 0 Å². The van der Waals surface area contributed by atoms with Gasteiger partial charge in [-0.2, -0.15) is 20.2 Å². The van der Waals surface area contributed by atoms with Crippen molar-refractivity contribution in [1.82, 2.24) is 9.62 Å². The zero-order valence-corrected chi connectivity index (χ0v) is 13.2. The van der Waals surface area contributed by atoms with E-state index in [1.54, 1.807) is 11.8 Å². The Balaban J connectivity index is 2.24. The summed E-state index contributed by atoms with van der Waals surface area (Å²) in [5.74, 6) is 2.99. The molecule has 0 aliphatic rings. The van der Waals surface area contributed by atoms with Crippen LogP contribution in [0.1, 0.15) is 17.9 Å². The van der Waals surface area contributed by atoms with Gasteiger partial charge in [-0.1, -0.05) is 0 Å². The molecule has 0 radical (unpaired) electrons. The van der Waals surface area contributed by atoms with Gasteiger partial charge >= 0.3 is 0 Å². The van der Waals surface area contributed by atoms with E-state index in [0.717, 1.165) is 18.1 Å². The van der Waals surface area contributed by atoms with Crippen molar-refractivity contribution in [1.29, 1.82) is 5.41 Å². The largest absolute Gasteiger partial charge is 0.464 e. The van der Waals surface area contributed by atoms with Crippen LogP contribution in [0.25, 0.3) is 0 Å². The Bertz CT molecular complexity index is 540. The van der Waals surface area contributed by atoms with Gasteiger partial charge in [-0.25, -0.2) is 5.14 Å². The van der Waals surface area contributed by atoms with Crippen molar-refractivity contribution in [3.8, 4) is 0 Å². The van der Waals surface area contributed by atoms with Gasteiger partial charge in [-0.15, -0.1) is 0 Å². The zero-order chi connectivity index (χ0) is 15.2. The van der Waals surface area contributed by atoms with Gasteiger partial charge in [-0.05, 0) is 26.2 Å². The van der Waals surface area contributed by atoms with Crippen molar-refractivity contribution < 1.29 is 12.8 Å². The van der Waals surface area contributed by atoms with Crippen LogP contribution in [0.5, 0.6) is 0 Å². The third kappa shape index (κ3) is 7.53. The first kappa shape index (κ1) is 17.0. The number of nitrogens with one attached hydrogen (secondary N) is 2. The average Bonchev–Trinajstić information content (AvgIpc) is 2.68. The van der Waals surface area contributed by atoms with Gasteiger partial charge < -0.3 is 9.32 Å². The highest BCUT2D eigenvalue weighted by Gasteiger charge is 2.06. The van der Waals surface area contributed by atoms with Crippen LogP contribution in [0.2, 0.25) is 0 Å². The topological polar surface area (TPSA) is 112 Å². The summed E-state index contributed by atoms with van der Waals surface area (Å²) in [6, 6.07) is 3.88. The molecule has 1 aromatic heterocycles. The van der Waals surface area contributed by atoms with Crippen LogP contribution in [0, 0.1) is 5.41 Å². The van der Waals surface area contributed by atoms with E-state index in [0.29, 0.717) is 17.9 Å². The molecule has 0 bridgehead atoms. The molecule has 0 aromatic carbocycles. The first-order valence-corrected chi connectivity index (χ1v) is 8.64. The lowest BCUT2D eigenvalue weighted by atomic mass is 10.4. The maximum atomic E-state index is 10.7. The molecule has 0 aliphatic heterocycles. The lowest BCUT2D eigenvalue weighted by Gasteiger charge is -2.06. The molecule has 1 heterocycles. The smallest absolute Gasteiger partial charge is 0.297 e. The summed E-state index contributed by atoms with van der Waals surface area (Å²) in [5, 5.41) is 12.2. The lowest BCUT2D eigenvalue weighted by Crippen LogP contribution is -2.35. The fraction of sp³-hybridized carbons (Fsp3) is 0.545. The summed E-state index contributed by atoms with van der Waals surface area (Å²) < 4.78 is 28.9. The fourth-order valence-electron chi connectivity index (χ4n) is 1.47. The molecule has 0 spiro atoms. The molecular formula is C11H20N4O3S2. The van der Waals surface area contributed by atoms with Crippen LogP contribution in [0.3, 0.4) is 0 Å². The summed E-state index contributed by atoms with van der Waals surface area (Å²) >= 11 is 1.57. The average molecular weight is 320 g/mol. The van der Waals surface area contributed by atoms with E-state index in [4.69, 9.17) is 15.0 Å². The number of nitrogens with two attached hydrogens (primary N) is 1. The van der Waals surface area contributed by atoms with Crippen LogP contribution in [-0.2, 0) is 22.5 Å². The minimum Gasteiger partial charge on any atom is -0.464 e. The van der Waals surface area contributed by atoms with E-state index < -0.39 is 10.2 Å². The molecule has 114 valence electrons. The lowest BCUT2D eigenvalue weighted by molar-refractivity contribution is 0.344. The van der Waals surface area contributed by atoms with Crippen LogP contribution < -0.4 is 9.86 Å². The Morgan fingerprint density at radius 1 is 1.45 bits per heavy atom. The van der Waals surface area contributed by atoms with Gasteiger partial charge in [0.05, 0.1) is 12.3 Å². The summed E-state index contributed by atoms with van der Waals surface area (Å²) in [4.78, 5) is 2.02. The van der Waals surface area contributed by atoms with Crippen molar-refractivity contribution in [3.63, 3.8) is 0 Å². The van der Waals surface area contributed by atoms with Gasteiger partial charge in [-0.3, -0.25) is 10.1 Å². The first-order chi connectivity index (χ1) is 9.26. The molecule has 0 atom stereocenters.